The van der Waals surface area contributed by atoms with Gasteiger partial charge in [0.2, 0.25) is 5.91 Å². The molecule has 0 saturated carbocycles. The number of ether oxygens (including phenoxy) is 1. The average Bonchev–Trinajstić information content (AvgIpc) is 2.67. The molecule has 3 N–H and O–H groups in total. The number of benzene rings is 1. The molecular formula is C21H34N4O2. The van der Waals surface area contributed by atoms with Crippen LogP contribution >= 0.6 is 0 Å². The van der Waals surface area contributed by atoms with Gasteiger partial charge in [0.1, 0.15) is 0 Å². The first-order chi connectivity index (χ1) is 13.2. The van der Waals surface area contributed by atoms with Crippen molar-refractivity contribution in [1.29, 1.82) is 0 Å². The standard InChI is InChI=1S/C21H34N4O2/c1-2-23-21(25-13-8-11-19(16-25)15-20(22)26)24-12-6-7-14-27-17-18-9-4-3-5-10-18/h3-5,9-10,19H,2,6-8,11-17H2,1H3,(H2,22,26)(H,23,24). The van der Waals surface area contributed by atoms with Crippen LogP contribution < -0.4 is 11.1 Å². The van der Waals surface area contributed by atoms with Crippen LogP contribution in [0.15, 0.2) is 35.3 Å². The van der Waals surface area contributed by atoms with Crippen molar-refractivity contribution in [1.82, 2.24) is 10.2 Å². The lowest BCUT2D eigenvalue weighted by Gasteiger charge is -2.34. The van der Waals surface area contributed by atoms with E-state index in [1.165, 1.54) is 5.56 Å². The van der Waals surface area contributed by atoms with Crippen molar-refractivity contribution in [3.63, 3.8) is 0 Å². The van der Waals surface area contributed by atoms with Crippen molar-refractivity contribution in [2.45, 2.75) is 45.6 Å². The number of carbonyl (C=O) groups excluding carboxylic acids is 1. The molecule has 6 nitrogen and oxygen atoms in total. The second-order valence-electron chi connectivity index (χ2n) is 7.11. The molecule has 0 radical (unpaired) electrons. The van der Waals surface area contributed by atoms with Crippen molar-refractivity contribution in [3.05, 3.63) is 35.9 Å². The molecule has 1 aromatic carbocycles. The predicted octanol–water partition coefficient (Wildman–Crippen LogP) is 2.54. The van der Waals surface area contributed by atoms with Crippen LogP contribution in [0.2, 0.25) is 0 Å². The molecule has 1 unspecified atom stereocenters. The van der Waals surface area contributed by atoms with Crippen LogP contribution in [0.25, 0.3) is 0 Å². The van der Waals surface area contributed by atoms with Gasteiger partial charge in [-0.25, -0.2) is 0 Å². The molecule has 27 heavy (non-hydrogen) atoms. The van der Waals surface area contributed by atoms with Gasteiger partial charge in [-0.05, 0) is 44.1 Å². The van der Waals surface area contributed by atoms with Gasteiger partial charge in [0, 0.05) is 39.2 Å². The monoisotopic (exact) mass is 374 g/mol. The van der Waals surface area contributed by atoms with Gasteiger partial charge in [0.05, 0.1) is 6.61 Å². The molecule has 150 valence electrons. The normalized spacial score (nSPS) is 17.7. The molecule has 0 spiro atoms. The Morgan fingerprint density at radius 1 is 1.33 bits per heavy atom. The SMILES string of the molecule is CCNC(=NCCCCOCc1ccccc1)N1CCCC(CC(N)=O)C1. The summed E-state index contributed by atoms with van der Waals surface area (Å²) in [6.07, 6.45) is 4.62. The molecule has 1 aromatic rings. The van der Waals surface area contributed by atoms with Gasteiger partial charge in [0.25, 0.3) is 0 Å². The number of aliphatic imine (C=N–C) groups is 1. The number of nitrogens with zero attached hydrogens (tertiary/aromatic N) is 2. The quantitative estimate of drug-likeness (QED) is 0.375. The van der Waals surface area contributed by atoms with E-state index >= 15 is 0 Å². The second kappa shape index (κ2) is 12.3. The topological polar surface area (TPSA) is 80.0 Å². The van der Waals surface area contributed by atoms with Crippen molar-refractivity contribution in [2.75, 3.05) is 32.8 Å². The molecule has 1 aliphatic rings. The zero-order chi connectivity index (χ0) is 19.3. The van der Waals surface area contributed by atoms with Crippen LogP contribution in [0.3, 0.4) is 0 Å². The van der Waals surface area contributed by atoms with Crippen molar-refractivity contribution in [2.24, 2.45) is 16.6 Å². The van der Waals surface area contributed by atoms with Crippen LogP contribution in [0.1, 0.15) is 44.6 Å². The number of hydrogen-bond donors (Lipinski definition) is 2. The number of primary amides is 1. The highest BCUT2D eigenvalue weighted by atomic mass is 16.5. The Labute approximate surface area is 163 Å². The zero-order valence-corrected chi connectivity index (χ0v) is 16.5. The number of hydrogen-bond acceptors (Lipinski definition) is 3. The molecule has 1 aliphatic heterocycles. The summed E-state index contributed by atoms with van der Waals surface area (Å²) in [5.74, 6) is 1.09. The smallest absolute Gasteiger partial charge is 0.217 e. The van der Waals surface area contributed by atoms with Crippen LogP contribution in [-0.4, -0.2) is 49.6 Å². The van der Waals surface area contributed by atoms with Gasteiger partial charge >= 0.3 is 0 Å². The van der Waals surface area contributed by atoms with Gasteiger partial charge < -0.3 is 20.7 Å². The first-order valence-electron chi connectivity index (χ1n) is 10.1. The highest BCUT2D eigenvalue weighted by molar-refractivity contribution is 5.80. The fourth-order valence-corrected chi connectivity index (χ4v) is 3.40. The molecule has 2 rings (SSSR count). The van der Waals surface area contributed by atoms with Gasteiger partial charge in [0.15, 0.2) is 5.96 Å². The van der Waals surface area contributed by atoms with E-state index in [0.29, 0.717) is 18.9 Å². The molecule has 1 atom stereocenters. The predicted molar refractivity (Wildman–Crippen MR) is 109 cm³/mol. The lowest BCUT2D eigenvalue weighted by Crippen LogP contribution is -2.47. The van der Waals surface area contributed by atoms with Crippen LogP contribution in [0, 0.1) is 5.92 Å². The van der Waals surface area contributed by atoms with E-state index in [1.54, 1.807) is 0 Å². The summed E-state index contributed by atoms with van der Waals surface area (Å²) in [7, 11) is 0. The van der Waals surface area contributed by atoms with Crippen molar-refractivity contribution < 1.29 is 9.53 Å². The molecule has 6 heteroatoms. The highest BCUT2D eigenvalue weighted by Crippen LogP contribution is 2.19. The zero-order valence-electron chi connectivity index (χ0n) is 16.5. The second-order valence-corrected chi connectivity index (χ2v) is 7.11. The van der Waals surface area contributed by atoms with E-state index in [4.69, 9.17) is 15.5 Å². The van der Waals surface area contributed by atoms with Crippen molar-refractivity contribution in [3.8, 4) is 0 Å². The van der Waals surface area contributed by atoms with Crippen LogP contribution in [-0.2, 0) is 16.1 Å². The fourth-order valence-electron chi connectivity index (χ4n) is 3.40. The maximum Gasteiger partial charge on any atom is 0.217 e. The minimum Gasteiger partial charge on any atom is -0.377 e. The van der Waals surface area contributed by atoms with Crippen molar-refractivity contribution >= 4 is 11.9 Å². The molecule has 1 saturated heterocycles. The van der Waals surface area contributed by atoms with E-state index in [1.807, 2.05) is 18.2 Å². The maximum atomic E-state index is 11.2. The molecular weight excluding hydrogens is 340 g/mol. The number of rotatable bonds is 10. The Morgan fingerprint density at radius 2 is 2.15 bits per heavy atom. The maximum absolute atomic E-state index is 11.2. The Bertz CT molecular complexity index is 577. The number of guanidine groups is 1. The molecule has 1 fully saturated rings. The number of likely N-dealkylation sites (tertiary alicyclic amines) is 1. The minimum absolute atomic E-state index is 0.209. The fraction of sp³-hybridized carbons (Fsp3) is 0.619. The Balaban J connectivity index is 1.68. The number of nitrogens with one attached hydrogen (secondary N) is 1. The summed E-state index contributed by atoms with van der Waals surface area (Å²) < 4.78 is 5.72. The van der Waals surface area contributed by atoms with E-state index in [9.17, 15) is 4.79 Å². The summed E-state index contributed by atoms with van der Waals surface area (Å²) in [6.45, 7) is 6.98. The number of piperidine rings is 1. The number of nitrogens with two attached hydrogens (primary N) is 1. The summed E-state index contributed by atoms with van der Waals surface area (Å²) >= 11 is 0. The number of amides is 1. The lowest BCUT2D eigenvalue weighted by atomic mass is 9.95. The first-order valence-corrected chi connectivity index (χ1v) is 10.1. The lowest BCUT2D eigenvalue weighted by molar-refractivity contribution is -0.119. The molecule has 0 bridgehead atoms. The van der Waals surface area contributed by atoms with Crippen LogP contribution in [0.4, 0.5) is 0 Å². The van der Waals surface area contributed by atoms with E-state index in [0.717, 1.165) is 64.4 Å². The van der Waals surface area contributed by atoms with E-state index in [-0.39, 0.29) is 5.91 Å². The molecule has 0 aliphatic carbocycles. The third-order valence-electron chi connectivity index (χ3n) is 4.71. The average molecular weight is 375 g/mol. The Kier molecular flexibility index (Phi) is 9.69. The summed E-state index contributed by atoms with van der Waals surface area (Å²) in [4.78, 5) is 18.2. The van der Waals surface area contributed by atoms with E-state index in [2.05, 4.69) is 29.3 Å². The number of carbonyl (C=O) groups is 1. The summed E-state index contributed by atoms with van der Waals surface area (Å²) in [5.41, 5.74) is 6.57. The summed E-state index contributed by atoms with van der Waals surface area (Å²) in [5, 5.41) is 3.38. The van der Waals surface area contributed by atoms with Gasteiger partial charge in [-0.15, -0.1) is 0 Å². The van der Waals surface area contributed by atoms with Gasteiger partial charge in [-0.1, -0.05) is 30.3 Å². The van der Waals surface area contributed by atoms with Crippen LogP contribution in [0.5, 0.6) is 0 Å². The van der Waals surface area contributed by atoms with E-state index < -0.39 is 0 Å². The first kappa shape index (κ1) is 21.2. The molecule has 1 amide bonds. The summed E-state index contributed by atoms with van der Waals surface area (Å²) in [6, 6.07) is 10.2. The third-order valence-corrected chi connectivity index (χ3v) is 4.71. The molecule has 1 heterocycles. The van der Waals surface area contributed by atoms with Gasteiger partial charge in [-0.2, -0.15) is 0 Å². The van der Waals surface area contributed by atoms with Gasteiger partial charge in [-0.3, -0.25) is 9.79 Å². The molecule has 0 aromatic heterocycles. The Morgan fingerprint density at radius 3 is 2.89 bits per heavy atom. The third kappa shape index (κ3) is 8.43. The minimum atomic E-state index is -0.209. The highest BCUT2D eigenvalue weighted by Gasteiger charge is 2.23. The largest absolute Gasteiger partial charge is 0.377 e. The number of unbranched alkanes of at least 4 members (excludes halogenated alkanes) is 1. The Hall–Kier alpha value is -2.08.